The minimum absolute atomic E-state index is 0.172. The minimum atomic E-state index is -0.194. The fourth-order valence-corrected chi connectivity index (χ4v) is 0.459. The number of amides is 1. The van der Waals surface area contributed by atoms with Gasteiger partial charge in [-0.25, -0.2) is 5.84 Å². The topological polar surface area (TPSA) is 64.3 Å². The second kappa shape index (κ2) is 5.20. The molecule has 0 aliphatic rings. The van der Waals surface area contributed by atoms with Gasteiger partial charge in [0.05, 0.1) is 19.1 Å². The number of nitrogens with two attached hydrogens (primary N) is 1. The van der Waals surface area contributed by atoms with Crippen LogP contribution in [0.15, 0.2) is 0 Å². The van der Waals surface area contributed by atoms with E-state index in [0.29, 0.717) is 13.0 Å². The van der Waals surface area contributed by atoms with Gasteiger partial charge >= 0.3 is 0 Å². The monoisotopic (exact) mass is 146 g/mol. The van der Waals surface area contributed by atoms with Crippen molar-refractivity contribution in [3.8, 4) is 0 Å². The number of nitrogens with one attached hydrogen (secondary N) is 1. The highest BCUT2D eigenvalue weighted by atomic mass is 16.5. The van der Waals surface area contributed by atoms with E-state index in [-0.39, 0.29) is 12.0 Å². The summed E-state index contributed by atoms with van der Waals surface area (Å²) in [6.45, 7) is 4.27. The highest BCUT2D eigenvalue weighted by molar-refractivity contribution is 5.75. The van der Waals surface area contributed by atoms with Crippen molar-refractivity contribution in [1.29, 1.82) is 0 Å². The molecule has 0 saturated heterocycles. The fourth-order valence-electron chi connectivity index (χ4n) is 0.459. The molecule has 0 radical (unpaired) electrons. The first-order valence-corrected chi connectivity index (χ1v) is 3.28. The van der Waals surface area contributed by atoms with Gasteiger partial charge in [-0.05, 0) is 13.8 Å². The van der Waals surface area contributed by atoms with Crippen LogP contribution in [0.25, 0.3) is 0 Å². The Morgan fingerprint density at radius 3 is 2.70 bits per heavy atom. The molecule has 4 nitrogen and oxygen atoms in total. The maximum Gasteiger partial charge on any atom is 0.236 e. The maximum atomic E-state index is 10.5. The molecule has 60 valence electrons. The molecule has 0 bridgehead atoms. The molecular weight excluding hydrogens is 132 g/mol. The third-order valence-corrected chi connectivity index (χ3v) is 0.941. The standard InChI is InChI=1S/C6H14N2O2/c1-5(2)10-4-3-6(9)8-7/h5H,3-4,7H2,1-2H3,(H,8,9). The molecule has 4 heteroatoms. The number of carbonyl (C=O) groups is 1. The molecule has 0 aromatic heterocycles. The van der Waals surface area contributed by atoms with Crippen LogP contribution in [0.3, 0.4) is 0 Å². The van der Waals surface area contributed by atoms with Crippen LogP contribution < -0.4 is 11.3 Å². The van der Waals surface area contributed by atoms with Crippen molar-refractivity contribution in [2.24, 2.45) is 5.84 Å². The quantitative estimate of drug-likeness (QED) is 0.328. The zero-order valence-corrected chi connectivity index (χ0v) is 6.39. The molecule has 10 heavy (non-hydrogen) atoms. The predicted octanol–water partition coefficient (Wildman–Crippen LogP) is -0.209. The van der Waals surface area contributed by atoms with Gasteiger partial charge in [-0.2, -0.15) is 0 Å². The summed E-state index contributed by atoms with van der Waals surface area (Å²) < 4.78 is 5.10. The Morgan fingerprint density at radius 2 is 2.30 bits per heavy atom. The van der Waals surface area contributed by atoms with Gasteiger partial charge in [0.25, 0.3) is 0 Å². The highest BCUT2D eigenvalue weighted by Gasteiger charge is 1.98. The summed E-state index contributed by atoms with van der Waals surface area (Å²) in [5, 5.41) is 0. The molecule has 0 fully saturated rings. The lowest BCUT2D eigenvalue weighted by Gasteiger charge is -2.05. The van der Waals surface area contributed by atoms with E-state index in [1.54, 1.807) is 0 Å². The SMILES string of the molecule is CC(C)OCCC(=O)NN. The van der Waals surface area contributed by atoms with Crippen molar-refractivity contribution in [2.45, 2.75) is 26.4 Å². The molecule has 0 aliphatic heterocycles. The number of hydrazine groups is 1. The average molecular weight is 146 g/mol. The van der Waals surface area contributed by atoms with E-state index in [1.165, 1.54) is 0 Å². The first kappa shape index (κ1) is 9.39. The van der Waals surface area contributed by atoms with Crippen molar-refractivity contribution in [3.05, 3.63) is 0 Å². The first-order chi connectivity index (χ1) is 4.66. The molecule has 0 atom stereocenters. The van der Waals surface area contributed by atoms with Gasteiger partial charge in [-0.15, -0.1) is 0 Å². The Bertz CT molecular complexity index is 104. The molecule has 0 aromatic rings. The minimum Gasteiger partial charge on any atom is -0.378 e. The smallest absolute Gasteiger partial charge is 0.236 e. The lowest BCUT2D eigenvalue weighted by molar-refractivity contribution is -0.122. The van der Waals surface area contributed by atoms with E-state index >= 15 is 0 Å². The van der Waals surface area contributed by atoms with Gasteiger partial charge in [0.2, 0.25) is 5.91 Å². The normalized spacial score (nSPS) is 10.0. The lowest BCUT2D eigenvalue weighted by atomic mass is 10.4. The average Bonchev–Trinajstić information content (AvgIpc) is 1.87. The molecule has 0 saturated carbocycles. The summed E-state index contributed by atoms with van der Waals surface area (Å²) in [6, 6.07) is 0. The lowest BCUT2D eigenvalue weighted by Crippen LogP contribution is -2.30. The fraction of sp³-hybridized carbons (Fsp3) is 0.833. The Balaban J connectivity index is 3.12. The predicted molar refractivity (Wildman–Crippen MR) is 38.0 cm³/mol. The van der Waals surface area contributed by atoms with Crippen molar-refractivity contribution < 1.29 is 9.53 Å². The number of rotatable bonds is 4. The Morgan fingerprint density at radius 1 is 1.70 bits per heavy atom. The van der Waals surface area contributed by atoms with E-state index < -0.39 is 0 Å². The van der Waals surface area contributed by atoms with Crippen LogP contribution in [0.1, 0.15) is 20.3 Å². The van der Waals surface area contributed by atoms with Gasteiger partial charge < -0.3 is 4.74 Å². The van der Waals surface area contributed by atoms with E-state index in [0.717, 1.165) is 0 Å². The van der Waals surface area contributed by atoms with Gasteiger partial charge in [0.1, 0.15) is 0 Å². The summed E-state index contributed by atoms with van der Waals surface area (Å²) in [7, 11) is 0. The van der Waals surface area contributed by atoms with Crippen LogP contribution in [-0.2, 0) is 9.53 Å². The summed E-state index contributed by atoms with van der Waals surface area (Å²) in [6.07, 6.45) is 0.500. The molecule has 0 aromatic carbocycles. The van der Waals surface area contributed by atoms with Gasteiger partial charge in [0, 0.05) is 0 Å². The number of ether oxygens (including phenoxy) is 1. The Labute approximate surface area is 60.7 Å². The summed E-state index contributed by atoms with van der Waals surface area (Å²) in [5.74, 6) is 4.64. The van der Waals surface area contributed by atoms with Gasteiger partial charge in [-0.3, -0.25) is 10.2 Å². The number of hydrogen-bond donors (Lipinski definition) is 2. The van der Waals surface area contributed by atoms with E-state index in [4.69, 9.17) is 10.6 Å². The van der Waals surface area contributed by atoms with Crippen molar-refractivity contribution in [2.75, 3.05) is 6.61 Å². The number of carbonyl (C=O) groups excluding carboxylic acids is 1. The van der Waals surface area contributed by atoms with E-state index in [2.05, 4.69) is 0 Å². The van der Waals surface area contributed by atoms with Crippen molar-refractivity contribution >= 4 is 5.91 Å². The largest absolute Gasteiger partial charge is 0.378 e. The summed E-state index contributed by atoms with van der Waals surface area (Å²) >= 11 is 0. The molecule has 0 heterocycles. The van der Waals surface area contributed by atoms with E-state index in [1.807, 2.05) is 19.3 Å². The second-order valence-corrected chi connectivity index (χ2v) is 2.24. The van der Waals surface area contributed by atoms with Crippen LogP contribution in [0, 0.1) is 0 Å². The van der Waals surface area contributed by atoms with Crippen LogP contribution in [0.5, 0.6) is 0 Å². The number of hydrogen-bond acceptors (Lipinski definition) is 3. The van der Waals surface area contributed by atoms with Crippen LogP contribution in [-0.4, -0.2) is 18.6 Å². The van der Waals surface area contributed by atoms with Gasteiger partial charge in [-0.1, -0.05) is 0 Å². The summed E-state index contributed by atoms with van der Waals surface area (Å²) in [5.41, 5.74) is 2.02. The van der Waals surface area contributed by atoms with E-state index in [9.17, 15) is 4.79 Å². The maximum absolute atomic E-state index is 10.5. The van der Waals surface area contributed by atoms with Crippen LogP contribution >= 0.6 is 0 Å². The molecule has 1 amide bonds. The molecular formula is C6H14N2O2. The zero-order chi connectivity index (χ0) is 7.98. The van der Waals surface area contributed by atoms with Crippen molar-refractivity contribution in [1.82, 2.24) is 5.43 Å². The first-order valence-electron chi connectivity index (χ1n) is 3.28. The molecule has 3 N–H and O–H groups in total. The molecule has 0 rings (SSSR count). The molecule has 0 aliphatic carbocycles. The third kappa shape index (κ3) is 5.53. The summed E-state index contributed by atoms with van der Waals surface area (Å²) in [4.78, 5) is 10.5. The zero-order valence-electron chi connectivity index (χ0n) is 6.39. The Kier molecular flexibility index (Phi) is 4.88. The Hall–Kier alpha value is -0.610. The van der Waals surface area contributed by atoms with Crippen LogP contribution in [0.4, 0.5) is 0 Å². The van der Waals surface area contributed by atoms with Crippen LogP contribution in [0.2, 0.25) is 0 Å². The van der Waals surface area contributed by atoms with Crippen molar-refractivity contribution in [3.63, 3.8) is 0 Å². The van der Waals surface area contributed by atoms with Gasteiger partial charge in [0.15, 0.2) is 0 Å². The molecule has 0 unspecified atom stereocenters. The second-order valence-electron chi connectivity index (χ2n) is 2.24. The highest BCUT2D eigenvalue weighted by Crippen LogP contribution is 1.89. The molecule has 0 spiro atoms. The third-order valence-electron chi connectivity index (χ3n) is 0.941.